The van der Waals surface area contributed by atoms with Crippen molar-refractivity contribution in [1.82, 2.24) is 0 Å². The van der Waals surface area contributed by atoms with Crippen LogP contribution in [-0.4, -0.2) is 12.4 Å². The molecule has 0 fully saturated rings. The van der Waals surface area contributed by atoms with Crippen molar-refractivity contribution in [2.24, 2.45) is 0 Å². The second-order valence-electron chi connectivity index (χ2n) is 3.57. The number of carbonyl (C=O) groups is 1. The number of Topliss-reactive ketones (excluding diaryl/α,β-unsaturated/α-hetero) is 1. The number of carbonyl (C=O) groups excluding carboxylic acids is 1. The smallest absolute Gasteiger partial charge is 0.192 e. The number of allylic oxidation sites excluding steroid dienone is 1. The van der Waals surface area contributed by atoms with Gasteiger partial charge in [-0.2, -0.15) is 0 Å². The van der Waals surface area contributed by atoms with Crippen molar-refractivity contribution in [2.75, 3.05) is 12.3 Å². The molecule has 78 valence electrons. The molecule has 0 bridgehead atoms. The standard InChI is InChI=1S/C12H13NO2/c13-11-5-3-9(4-6-11)12(14)10-2-1-7-15-8-10/h3-6,8H,1-2,7,13H2. The average Bonchev–Trinajstić information content (AvgIpc) is 2.30. The van der Waals surface area contributed by atoms with E-state index in [1.165, 1.54) is 0 Å². The second kappa shape index (κ2) is 4.17. The van der Waals surface area contributed by atoms with Gasteiger partial charge in [0.05, 0.1) is 12.9 Å². The summed E-state index contributed by atoms with van der Waals surface area (Å²) in [6, 6.07) is 6.95. The number of anilines is 1. The first-order valence-electron chi connectivity index (χ1n) is 4.98. The van der Waals surface area contributed by atoms with Gasteiger partial charge in [-0.15, -0.1) is 0 Å². The van der Waals surface area contributed by atoms with Crippen LogP contribution in [-0.2, 0) is 4.74 Å². The highest BCUT2D eigenvalue weighted by atomic mass is 16.5. The van der Waals surface area contributed by atoms with Crippen molar-refractivity contribution < 1.29 is 9.53 Å². The Balaban J connectivity index is 2.20. The third kappa shape index (κ3) is 2.18. The lowest BCUT2D eigenvalue weighted by molar-refractivity contribution is 0.101. The first kappa shape index (κ1) is 9.77. The highest BCUT2D eigenvalue weighted by molar-refractivity contribution is 6.08. The Morgan fingerprint density at radius 3 is 2.60 bits per heavy atom. The fourth-order valence-electron chi connectivity index (χ4n) is 1.55. The zero-order chi connectivity index (χ0) is 10.7. The second-order valence-corrected chi connectivity index (χ2v) is 3.57. The molecule has 0 saturated carbocycles. The van der Waals surface area contributed by atoms with E-state index in [1.54, 1.807) is 30.5 Å². The molecule has 0 aliphatic carbocycles. The highest BCUT2D eigenvalue weighted by Crippen LogP contribution is 2.18. The summed E-state index contributed by atoms with van der Waals surface area (Å²) >= 11 is 0. The summed E-state index contributed by atoms with van der Waals surface area (Å²) in [4.78, 5) is 11.9. The summed E-state index contributed by atoms with van der Waals surface area (Å²) in [5, 5.41) is 0. The molecule has 0 unspecified atom stereocenters. The summed E-state index contributed by atoms with van der Waals surface area (Å²) < 4.78 is 5.14. The van der Waals surface area contributed by atoms with Gasteiger partial charge in [0.1, 0.15) is 0 Å². The average molecular weight is 203 g/mol. The number of ketones is 1. The van der Waals surface area contributed by atoms with E-state index in [-0.39, 0.29) is 5.78 Å². The minimum absolute atomic E-state index is 0.0368. The Labute approximate surface area is 88.5 Å². The summed E-state index contributed by atoms with van der Waals surface area (Å²) in [6.07, 6.45) is 3.28. The number of ether oxygens (including phenoxy) is 1. The molecule has 0 radical (unpaired) electrons. The molecule has 0 saturated heterocycles. The van der Waals surface area contributed by atoms with E-state index < -0.39 is 0 Å². The maximum Gasteiger partial charge on any atom is 0.192 e. The molecule has 0 aromatic heterocycles. The van der Waals surface area contributed by atoms with Crippen LogP contribution in [0.3, 0.4) is 0 Å². The molecular formula is C12H13NO2. The van der Waals surface area contributed by atoms with Crippen LogP contribution in [0.2, 0.25) is 0 Å². The maximum atomic E-state index is 11.9. The fourth-order valence-corrected chi connectivity index (χ4v) is 1.55. The number of nitrogens with two attached hydrogens (primary N) is 1. The number of nitrogen functional groups attached to an aromatic ring is 1. The zero-order valence-electron chi connectivity index (χ0n) is 8.40. The topological polar surface area (TPSA) is 52.3 Å². The summed E-state index contributed by atoms with van der Waals surface area (Å²) in [7, 11) is 0. The molecule has 1 aromatic carbocycles. The molecule has 0 atom stereocenters. The van der Waals surface area contributed by atoms with Crippen molar-refractivity contribution in [1.29, 1.82) is 0 Å². The van der Waals surface area contributed by atoms with E-state index in [2.05, 4.69) is 0 Å². The van der Waals surface area contributed by atoms with Crippen molar-refractivity contribution in [3.8, 4) is 0 Å². The molecule has 1 aliphatic rings. The van der Waals surface area contributed by atoms with E-state index in [0.717, 1.165) is 18.4 Å². The quantitative estimate of drug-likeness (QED) is 0.591. The minimum Gasteiger partial charge on any atom is -0.501 e. The van der Waals surface area contributed by atoms with Crippen LogP contribution < -0.4 is 5.73 Å². The molecule has 3 heteroatoms. The molecule has 2 rings (SSSR count). The third-order valence-corrected chi connectivity index (χ3v) is 2.40. The van der Waals surface area contributed by atoms with Gasteiger partial charge in [0.2, 0.25) is 0 Å². The molecule has 15 heavy (non-hydrogen) atoms. The van der Waals surface area contributed by atoms with Crippen molar-refractivity contribution in [3.05, 3.63) is 41.7 Å². The van der Waals surface area contributed by atoms with Gasteiger partial charge in [-0.05, 0) is 37.1 Å². The molecule has 1 heterocycles. The van der Waals surface area contributed by atoms with E-state index in [0.29, 0.717) is 17.9 Å². The normalized spacial score (nSPS) is 15.3. The SMILES string of the molecule is Nc1ccc(C(=O)C2=COCCC2)cc1. The van der Waals surface area contributed by atoms with E-state index in [9.17, 15) is 4.79 Å². The van der Waals surface area contributed by atoms with Crippen LogP contribution in [0.15, 0.2) is 36.1 Å². The molecular weight excluding hydrogens is 190 g/mol. The van der Waals surface area contributed by atoms with Gasteiger partial charge >= 0.3 is 0 Å². The lowest BCUT2D eigenvalue weighted by Gasteiger charge is -2.12. The molecule has 2 N–H and O–H groups in total. The lowest BCUT2D eigenvalue weighted by Crippen LogP contribution is -2.09. The van der Waals surface area contributed by atoms with E-state index >= 15 is 0 Å². The Hall–Kier alpha value is -1.77. The van der Waals surface area contributed by atoms with Gasteiger partial charge < -0.3 is 10.5 Å². The van der Waals surface area contributed by atoms with Crippen LogP contribution in [0, 0.1) is 0 Å². The van der Waals surface area contributed by atoms with Gasteiger partial charge in [0, 0.05) is 16.8 Å². The molecule has 1 aliphatic heterocycles. The zero-order valence-corrected chi connectivity index (χ0v) is 8.40. The first-order valence-corrected chi connectivity index (χ1v) is 4.98. The number of hydrogen-bond acceptors (Lipinski definition) is 3. The van der Waals surface area contributed by atoms with Crippen LogP contribution in [0.5, 0.6) is 0 Å². The fraction of sp³-hybridized carbons (Fsp3) is 0.250. The van der Waals surface area contributed by atoms with Crippen molar-refractivity contribution in [2.45, 2.75) is 12.8 Å². The molecule has 0 spiro atoms. The number of rotatable bonds is 2. The largest absolute Gasteiger partial charge is 0.501 e. The van der Waals surface area contributed by atoms with Gasteiger partial charge in [-0.25, -0.2) is 0 Å². The maximum absolute atomic E-state index is 11.9. The Morgan fingerprint density at radius 2 is 2.00 bits per heavy atom. The van der Waals surface area contributed by atoms with E-state index in [1.807, 2.05) is 0 Å². The predicted molar refractivity (Wildman–Crippen MR) is 58.5 cm³/mol. The molecule has 0 amide bonds. The Morgan fingerprint density at radius 1 is 1.27 bits per heavy atom. The van der Waals surface area contributed by atoms with Gasteiger partial charge in [-0.3, -0.25) is 4.79 Å². The van der Waals surface area contributed by atoms with Gasteiger partial charge in [-0.1, -0.05) is 0 Å². The van der Waals surface area contributed by atoms with E-state index in [4.69, 9.17) is 10.5 Å². The van der Waals surface area contributed by atoms with Gasteiger partial charge in [0.15, 0.2) is 5.78 Å². The summed E-state index contributed by atoms with van der Waals surface area (Å²) in [5.41, 5.74) is 7.63. The number of benzene rings is 1. The highest BCUT2D eigenvalue weighted by Gasteiger charge is 2.14. The Kier molecular flexibility index (Phi) is 2.72. The van der Waals surface area contributed by atoms with Crippen LogP contribution in [0.1, 0.15) is 23.2 Å². The van der Waals surface area contributed by atoms with Crippen LogP contribution in [0.25, 0.3) is 0 Å². The summed E-state index contributed by atoms with van der Waals surface area (Å²) in [6.45, 7) is 0.707. The monoisotopic (exact) mass is 203 g/mol. The van der Waals surface area contributed by atoms with Gasteiger partial charge in [0.25, 0.3) is 0 Å². The summed E-state index contributed by atoms with van der Waals surface area (Å²) in [5.74, 6) is 0.0368. The molecule has 1 aromatic rings. The van der Waals surface area contributed by atoms with Crippen molar-refractivity contribution >= 4 is 11.5 Å². The van der Waals surface area contributed by atoms with Crippen LogP contribution >= 0.6 is 0 Å². The minimum atomic E-state index is 0.0368. The first-order chi connectivity index (χ1) is 7.27. The number of hydrogen-bond donors (Lipinski definition) is 1. The molecule has 3 nitrogen and oxygen atoms in total. The predicted octanol–water partition coefficient (Wildman–Crippen LogP) is 2.15. The third-order valence-electron chi connectivity index (χ3n) is 2.40. The lowest BCUT2D eigenvalue weighted by atomic mass is 10.00. The van der Waals surface area contributed by atoms with Crippen molar-refractivity contribution in [3.63, 3.8) is 0 Å². The Bertz CT molecular complexity index is 393. The van der Waals surface area contributed by atoms with Crippen LogP contribution in [0.4, 0.5) is 5.69 Å².